The van der Waals surface area contributed by atoms with E-state index in [1.165, 1.54) is 0 Å². The van der Waals surface area contributed by atoms with Gasteiger partial charge in [-0.3, -0.25) is 4.79 Å². The number of carboxylic acids is 1. The number of carbonyl (C=O) groups is 1. The highest BCUT2D eigenvalue weighted by molar-refractivity contribution is 6.57. The lowest BCUT2D eigenvalue weighted by molar-refractivity contribution is -0.136. The quantitative estimate of drug-likeness (QED) is 0.635. The van der Waals surface area contributed by atoms with E-state index in [1.54, 1.807) is 6.92 Å². The molecule has 0 aromatic carbocycles. The zero-order chi connectivity index (χ0) is 8.27. The van der Waals surface area contributed by atoms with Crippen molar-refractivity contribution >= 4 is 15.0 Å². The summed E-state index contributed by atoms with van der Waals surface area (Å²) in [5, 5.41) is 8.69. The summed E-state index contributed by atoms with van der Waals surface area (Å²) >= 11 is 0. The molecule has 64 valence electrons. The van der Waals surface area contributed by atoms with Crippen LogP contribution >= 0.6 is 0 Å². The Morgan fingerprint density at radius 2 is 2.36 bits per heavy atom. The van der Waals surface area contributed by atoms with Crippen molar-refractivity contribution in [2.24, 2.45) is 0 Å². The molecule has 2 atom stereocenters. The molecule has 0 bridgehead atoms. The molecule has 1 saturated heterocycles. The predicted octanol–water partition coefficient (Wildman–Crippen LogP) is 0.995. The highest BCUT2D eigenvalue weighted by Gasteiger charge is 2.27. The van der Waals surface area contributed by atoms with E-state index < -0.39 is 15.0 Å². The van der Waals surface area contributed by atoms with Crippen LogP contribution in [0.15, 0.2) is 0 Å². The smallest absolute Gasteiger partial charge is 0.305 e. The summed E-state index contributed by atoms with van der Waals surface area (Å²) in [7, 11) is -1.38. The van der Waals surface area contributed by atoms with Crippen LogP contribution in [0.1, 0.15) is 19.8 Å². The van der Waals surface area contributed by atoms with Gasteiger partial charge in [0.25, 0.3) is 0 Å². The molecule has 0 spiro atoms. The van der Waals surface area contributed by atoms with Crippen LogP contribution in [0.3, 0.4) is 0 Å². The van der Waals surface area contributed by atoms with Gasteiger partial charge < -0.3 is 9.53 Å². The normalized spacial score (nSPS) is 27.9. The Hall–Kier alpha value is -0.353. The summed E-state index contributed by atoms with van der Waals surface area (Å²) in [5.41, 5.74) is -0.213. The molecule has 1 fully saturated rings. The average molecular weight is 174 g/mol. The van der Waals surface area contributed by atoms with Gasteiger partial charge >= 0.3 is 5.97 Å². The Kier molecular flexibility index (Phi) is 3.08. The molecule has 4 heteroatoms. The van der Waals surface area contributed by atoms with Crippen molar-refractivity contribution in [1.29, 1.82) is 0 Å². The van der Waals surface area contributed by atoms with Gasteiger partial charge in [-0.15, -0.1) is 0 Å². The molecule has 0 aliphatic carbocycles. The van der Waals surface area contributed by atoms with Gasteiger partial charge in [0.2, 0.25) is 0 Å². The largest absolute Gasteiger partial charge is 0.481 e. The summed E-state index contributed by atoms with van der Waals surface area (Å²) in [4.78, 5) is 10.6. The molecule has 2 unspecified atom stereocenters. The molecular formula is C7H14O3Si. The first-order chi connectivity index (χ1) is 5.22. The zero-order valence-corrected chi connectivity index (χ0v) is 7.90. The van der Waals surface area contributed by atoms with Crippen LogP contribution in [0.2, 0.25) is 11.6 Å². The first kappa shape index (κ1) is 8.74. The topological polar surface area (TPSA) is 46.5 Å². The molecule has 3 nitrogen and oxygen atoms in total. The van der Waals surface area contributed by atoms with Crippen LogP contribution in [0.5, 0.6) is 0 Å². The number of aliphatic carboxylic acids is 1. The highest BCUT2D eigenvalue weighted by Crippen LogP contribution is 2.21. The maximum absolute atomic E-state index is 10.6. The Morgan fingerprint density at radius 3 is 2.82 bits per heavy atom. The number of hydrogen-bond donors (Lipinski definition) is 1. The average Bonchev–Trinajstić information content (AvgIpc) is 2.05. The van der Waals surface area contributed by atoms with Crippen LogP contribution in [-0.2, 0) is 9.22 Å². The second-order valence-corrected chi connectivity index (χ2v) is 6.02. The van der Waals surface area contributed by atoms with Crippen molar-refractivity contribution in [3.63, 3.8) is 0 Å². The number of rotatable bonds is 2. The molecule has 0 radical (unpaired) electrons. The first-order valence-corrected chi connectivity index (χ1v) is 6.01. The fraction of sp³-hybridized carbons (Fsp3) is 0.857. The molecule has 1 aliphatic heterocycles. The minimum atomic E-state index is -1.38. The molecule has 1 heterocycles. The van der Waals surface area contributed by atoms with Crippen molar-refractivity contribution in [1.82, 2.24) is 0 Å². The van der Waals surface area contributed by atoms with E-state index in [0.29, 0.717) is 0 Å². The summed E-state index contributed by atoms with van der Waals surface area (Å²) in [6.45, 7) is 2.55. The van der Waals surface area contributed by atoms with E-state index in [1.807, 2.05) is 0 Å². The van der Waals surface area contributed by atoms with Crippen molar-refractivity contribution < 1.29 is 14.3 Å². The molecule has 0 amide bonds. The standard InChI is InChI=1S/C7H14O3Si/c1-6(7(8)9)11-5-3-2-4-10-11/h6,11H,2-5H2,1H3,(H,8,9). The van der Waals surface area contributed by atoms with E-state index in [2.05, 4.69) is 0 Å². The Bertz CT molecular complexity index is 143. The summed E-state index contributed by atoms with van der Waals surface area (Å²) in [6, 6.07) is 1.04. The van der Waals surface area contributed by atoms with Gasteiger partial charge in [0.1, 0.15) is 0 Å². The maximum atomic E-state index is 10.6. The zero-order valence-electron chi connectivity index (χ0n) is 6.75. The van der Waals surface area contributed by atoms with Crippen LogP contribution in [-0.4, -0.2) is 26.7 Å². The molecule has 0 saturated carbocycles. The van der Waals surface area contributed by atoms with E-state index in [4.69, 9.17) is 9.53 Å². The monoisotopic (exact) mass is 174 g/mol. The molecule has 1 rings (SSSR count). The van der Waals surface area contributed by atoms with Crippen molar-refractivity contribution in [2.45, 2.75) is 31.4 Å². The van der Waals surface area contributed by atoms with Gasteiger partial charge in [-0.05, 0) is 12.5 Å². The third-order valence-corrected chi connectivity index (χ3v) is 5.20. The highest BCUT2D eigenvalue weighted by atomic mass is 28.3. The van der Waals surface area contributed by atoms with E-state index >= 15 is 0 Å². The Balaban J connectivity index is 2.38. The van der Waals surface area contributed by atoms with Crippen LogP contribution < -0.4 is 0 Å². The molecule has 11 heavy (non-hydrogen) atoms. The second kappa shape index (κ2) is 3.87. The molecule has 1 aliphatic rings. The molecule has 0 aromatic heterocycles. The van der Waals surface area contributed by atoms with Crippen LogP contribution in [0, 0.1) is 0 Å². The lowest BCUT2D eigenvalue weighted by Gasteiger charge is -2.23. The SMILES string of the molecule is CC(C(=O)O)[SiH]1CCCCO1. The first-order valence-electron chi connectivity index (χ1n) is 4.06. The van der Waals surface area contributed by atoms with E-state index in [0.717, 1.165) is 25.5 Å². The van der Waals surface area contributed by atoms with Gasteiger partial charge in [0, 0.05) is 6.61 Å². The molecular weight excluding hydrogens is 160 g/mol. The third-order valence-electron chi connectivity index (χ3n) is 2.16. The van der Waals surface area contributed by atoms with E-state index in [-0.39, 0.29) is 5.54 Å². The maximum Gasteiger partial charge on any atom is 0.305 e. The predicted molar refractivity (Wildman–Crippen MR) is 44.2 cm³/mol. The van der Waals surface area contributed by atoms with Crippen LogP contribution in [0.4, 0.5) is 0 Å². The van der Waals surface area contributed by atoms with Crippen molar-refractivity contribution in [3.05, 3.63) is 0 Å². The minimum Gasteiger partial charge on any atom is -0.481 e. The van der Waals surface area contributed by atoms with Gasteiger partial charge in [-0.25, -0.2) is 0 Å². The minimum absolute atomic E-state index is 0.213. The summed E-state index contributed by atoms with van der Waals surface area (Å²) < 4.78 is 5.46. The van der Waals surface area contributed by atoms with Gasteiger partial charge in [-0.2, -0.15) is 0 Å². The van der Waals surface area contributed by atoms with Gasteiger partial charge in [0.15, 0.2) is 9.04 Å². The number of carboxylic acid groups (broad SMARTS) is 1. The molecule has 1 N–H and O–H groups in total. The number of hydrogen-bond acceptors (Lipinski definition) is 2. The van der Waals surface area contributed by atoms with Crippen molar-refractivity contribution in [2.75, 3.05) is 6.61 Å². The second-order valence-electron chi connectivity index (χ2n) is 3.03. The fourth-order valence-corrected chi connectivity index (χ4v) is 3.75. The van der Waals surface area contributed by atoms with E-state index in [9.17, 15) is 4.79 Å². The molecule has 0 aromatic rings. The van der Waals surface area contributed by atoms with Gasteiger partial charge in [0.05, 0.1) is 5.54 Å². The fourth-order valence-electron chi connectivity index (χ4n) is 1.32. The Morgan fingerprint density at radius 1 is 1.64 bits per heavy atom. The third kappa shape index (κ3) is 2.30. The summed E-state index contributed by atoms with van der Waals surface area (Å²) in [5.74, 6) is -0.691. The van der Waals surface area contributed by atoms with Gasteiger partial charge in [-0.1, -0.05) is 13.3 Å². The Labute approximate surface area is 68.1 Å². The summed E-state index contributed by atoms with van der Waals surface area (Å²) in [6.07, 6.45) is 2.27. The van der Waals surface area contributed by atoms with Crippen molar-refractivity contribution in [3.8, 4) is 0 Å². The lowest BCUT2D eigenvalue weighted by atomic mass is 10.4. The lowest BCUT2D eigenvalue weighted by Crippen LogP contribution is -2.31. The van der Waals surface area contributed by atoms with Crippen LogP contribution in [0.25, 0.3) is 0 Å².